The quantitative estimate of drug-likeness (QED) is 0.736. The molecule has 1 aliphatic rings. The number of nitrogens with two attached hydrogens (primary N) is 1. The molecule has 2 N–H and O–H groups in total. The fraction of sp³-hybridized carbons (Fsp3) is 0.333. The van der Waals surface area contributed by atoms with E-state index in [2.05, 4.69) is 4.98 Å². The summed E-state index contributed by atoms with van der Waals surface area (Å²) in [5.41, 5.74) is 6.31. The molecule has 0 aromatic carbocycles. The molecule has 3 nitrogen and oxygen atoms in total. The maximum Gasteiger partial charge on any atom is 0.148 e. The van der Waals surface area contributed by atoms with Crippen molar-refractivity contribution in [2.24, 2.45) is 5.73 Å². The van der Waals surface area contributed by atoms with Gasteiger partial charge in [-0.25, -0.2) is 0 Å². The molecule has 1 saturated carbocycles. The lowest BCUT2D eigenvalue weighted by atomic mass is 10.2. The third-order valence-corrected chi connectivity index (χ3v) is 2.09. The van der Waals surface area contributed by atoms with Crippen molar-refractivity contribution in [1.29, 1.82) is 0 Å². The Morgan fingerprint density at radius 2 is 2.38 bits per heavy atom. The smallest absolute Gasteiger partial charge is 0.148 e. The molecule has 1 aromatic heterocycles. The number of nitrogens with zero attached hydrogens (tertiary/aromatic N) is 1. The largest absolute Gasteiger partial charge is 0.488 e. The molecule has 4 heteroatoms. The summed E-state index contributed by atoms with van der Waals surface area (Å²) in [6, 6.07) is 1.78. The van der Waals surface area contributed by atoms with Crippen LogP contribution in [-0.2, 0) is 0 Å². The molecule has 0 atom stereocenters. The monoisotopic (exact) mass is 194 g/mol. The minimum absolute atomic E-state index is 0.345. The van der Waals surface area contributed by atoms with Crippen molar-refractivity contribution in [2.45, 2.75) is 18.9 Å². The summed E-state index contributed by atoms with van der Waals surface area (Å²) >= 11 is 4.89. The van der Waals surface area contributed by atoms with E-state index in [-0.39, 0.29) is 0 Å². The van der Waals surface area contributed by atoms with Gasteiger partial charge in [0.05, 0.1) is 17.9 Å². The van der Waals surface area contributed by atoms with Gasteiger partial charge in [0.1, 0.15) is 10.7 Å². The van der Waals surface area contributed by atoms with Gasteiger partial charge in [0, 0.05) is 6.20 Å². The van der Waals surface area contributed by atoms with E-state index in [0.29, 0.717) is 16.8 Å². The predicted molar refractivity (Wildman–Crippen MR) is 53.8 cm³/mol. The highest BCUT2D eigenvalue weighted by molar-refractivity contribution is 7.80. The van der Waals surface area contributed by atoms with Crippen molar-refractivity contribution in [2.75, 3.05) is 0 Å². The van der Waals surface area contributed by atoms with Crippen LogP contribution >= 0.6 is 12.2 Å². The van der Waals surface area contributed by atoms with E-state index in [4.69, 9.17) is 22.7 Å². The van der Waals surface area contributed by atoms with E-state index in [9.17, 15) is 0 Å². The number of ether oxygens (including phenoxy) is 1. The third kappa shape index (κ3) is 1.95. The van der Waals surface area contributed by atoms with Crippen LogP contribution in [0.1, 0.15) is 18.4 Å². The average molecular weight is 194 g/mol. The SMILES string of the molecule is NC(=S)c1ccncc1OC1CC1. The minimum atomic E-state index is 0.345. The highest BCUT2D eigenvalue weighted by Crippen LogP contribution is 2.28. The fourth-order valence-corrected chi connectivity index (χ4v) is 1.21. The van der Waals surface area contributed by atoms with E-state index < -0.39 is 0 Å². The van der Waals surface area contributed by atoms with Crippen LogP contribution in [0, 0.1) is 0 Å². The molecule has 13 heavy (non-hydrogen) atoms. The zero-order valence-electron chi connectivity index (χ0n) is 7.06. The molecule has 0 aliphatic heterocycles. The molecule has 2 rings (SSSR count). The Bertz CT molecular complexity index is 336. The molecule has 1 heterocycles. The Morgan fingerprint density at radius 3 is 3.00 bits per heavy atom. The summed E-state index contributed by atoms with van der Waals surface area (Å²) in [7, 11) is 0. The van der Waals surface area contributed by atoms with Gasteiger partial charge in [-0.1, -0.05) is 12.2 Å². The van der Waals surface area contributed by atoms with E-state index in [0.717, 1.165) is 18.4 Å². The molecule has 0 amide bonds. The van der Waals surface area contributed by atoms with Gasteiger partial charge >= 0.3 is 0 Å². The standard InChI is InChI=1S/C9H10N2OS/c10-9(13)7-3-4-11-5-8(7)12-6-1-2-6/h3-6H,1-2H2,(H2,10,13). The lowest BCUT2D eigenvalue weighted by Gasteiger charge is -2.07. The summed E-state index contributed by atoms with van der Waals surface area (Å²) in [5.74, 6) is 0.706. The van der Waals surface area contributed by atoms with Crippen molar-refractivity contribution >= 4 is 17.2 Å². The van der Waals surface area contributed by atoms with Crippen molar-refractivity contribution in [3.8, 4) is 5.75 Å². The van der Waals surface area contributed by atoms with Gasteiger partial charge in [-0.15, -0.1) is 0 Å². The van der Waals surface area contributed by atoms with Crippen molar-refractivity contribution in [1.82, 2.24) is 4.98 Å². The first-order valence-corrected chi connectivity index (χ1v) is 4.58. The van der Waals surface area contributed by atoms with Gasteiger partial charge in [-0.2, -0.15) is 0 Å². The number of hydrogen-bond donors (Lipinski definition) is 1. The third-order valence-electron chi connectivity index (χ3n) is 1.87. The molecule has 68 valence electrons. The lowest BCUT2D eigenvalue weighted by Crippen LogP contribution is -2.12. The molecule has 1 aromatic rings. The first kappa shape index (κ1) is 8.44. The van der Waals surface area contributed by atoms with Crippen LogP contribution < -0.4 is 10.5 Å². The predicted octanol–water partition coefficient (Wildman–Crippen LogP) is 1.26. The van der Waals surface area contributed by atoms with E-state index in [1.54, 1.807) is 18.5 Å². The summed E-state index contributed by atoms with van der Waals surface area (Å²) < 4.78 is 5.59. The van der Waals surface area contributed by atoms with Gasteiger partial charge in [0.15, 0.2) is 0 Å². The summed E-state index contributed by atoms with van der Waals surface area (Å²) in [6.45, 7) is 0. The van der Waals surface area contributed by atoms with Crippen molar-refractivity contribution in [3.05, 3.63) is 24.0 Å². The van der Waals surface area contributed by atoms with E-state index in [1.807, 2.05) is 0 Å². The van der Waals surface area contributed by atoms with Gasteiger partial charge < -0.3 is 10.5 Å². The second-order valence-corrected chi connectivity index (χ2v) is 3.49. The lowest BCUT2D eigenvalue weighted by molar-refractivity contribution is 0.301. The number of rotatable bonds is 3. The van der Waals surface area contributed by atoms with Crippen LogP contribution in [0.25, 0.3) is 0 Å². The van der Waals surface area contributed by atoms with Crippen LogP contribution in [0.5, 0.6) is 5.75 Å². The van der Waals surface area contributed by atoms with Gasteiger partial charge in [-0.3, -0.25) is 4.98 Å². The molecule has 0 saturated heterocycles. The Kier molecular flexibility index (Phi) is 2.14. The Hall–Kier alpha value is -1.16. The molecule has 0 bridgehead atoms. The maximum absolute atomic E-state index is 5.59. The molecular formula is C9H10N2OS. The Balaban J connectivity index is 2.25. The first-order chi connectivity index (χ1) is 6.27. The highest BCUT2D eigenvalue weighted by Gasteiger charge is 2.24. The van der Waals surface area contributed by atoms with Gasteiger partial charge in [-0.05, 0) is 18.9 Å². The van der Waals surface area contributed by atoms with Crippen molar-refractivity contribution in [3.63, 3.8) is 0 Å². The second kappa shape index (κ2) is 3.30. The number of thiocarbonyl (C=S) groups is 1. The van der Waals surface area contributed by atoms with Gasteiger partial charge in [0.2, 0.25) is 0 Å². The zero-order valence-corrected chi connectivity index (χ0v) is 7.88. The molecule has 0 radical (unpaired) electrons. The normalized spacial score (nSPS) is 15.4. The van der Waals surface area contributed by atoms with Crippen LogP contribution in [0.2, 0.25) is 0 Å². The first-order valence-electron chi connectivity index (χ1n) is 4.18. The highest BCUT2D eigenvalue weighted by atomic mass is 32.1. The molecule has 1 fully saturated rings. The van der Waals surface area contributed by atoms with E-state index >= 15 is 0 Å². The Labute approximate surface area is 81.9 Å². The summed E-state index contributed by atoms with van der Waals surface area (Å²) in [4.78, 5) is 4.33. The molecule has 0 spiro atoms. The summed E-state index contributed by atoms with van der Waals surface area (Å²) in [5, 5.41) is 0. The Morgan fingerprint density at radius 1 is 1.62 bits per heavy atom. The number of hydrogen-bond acceptors (Lipinski definition) is 3. The van der Waals surface area contributed by atoms with E-state index in [1.165, 1.54) is 0 Å². The summed E-state index contributed by atoms with van der Waals surface area (Å²) in [6.07, 6.45) is 5.90. The molecule has 0 unspecified atom stereocenters. The molecular weight excluding hydrogens is 184 g/mol. The van der Waals surface area contributed by atoms with Gasteiger partial charge in [0.25, 0.3) is 0 Å². The number of pyridine rings is 1. The fourth-order valence-electron chi connectivity index (χ4n) is 1.04. The average Bonchev–Trinajstić information content (AvgIpc) is 2.89. The van der Waals surface area contributed by atoms with Crippen molar-refractivity contribution < 1.29 is 4.74 Å². The topological polar surface area (TPSA) is 48.1 Å². The minimum Gasteiger partial charge on any atom is -0.488 e. The maximum atomic E-state index is 5.59. The number of aromatic nitrogens is 1. The van der Waals surface area contributed by atoms with Crippen LogP contribution in [0.4, 0.5) is 0 Å². The van der Waals surface area contributed by atoms with Crippen LogP contribution in [-0.4, -0.2) is 16.1 Å². The zero-order chi connectivity index (χ0) is 9.26. The van der Waals surface area contributed by atoms with Crippen LogP contribution in [0.3, 0.4) is 0 Å². The van der Waals surface area contributed by atoms with Crippen LogP contribution in [0.15, 0.2) is 18.5 Å². The second-order valence-electron chi connectivity index (χ2n) is 3.05. The molecule has 1 aliphatic carbocycles.